The van der Waals surface area contributed by atoms with Crippen molar-refractivity contribution in [2.45, 2.75) is 40.2 Å². The van der Waals surface area contributed by atoms with E-state index in [1.165, 1.54) is 4.90 Å². The highest BCUT2D eigenvalue weighted by molar-refractivity contribution is 5.92. The number of amides is 2. The molecular weight excluding hydrogens is 194 g/mol. The Bertz CT molecular complexity index is 300. The first-order valence-electron chi connectivity index (χ1n) is 5.27. The Kier molecular flexibility index (Phi) is 2.78. The average molecular weight is 213 g/mol. The van der Waals surface area contributed by atoms with E-state index in [0.717, 1.165) is 0 Å². The molecule has 0 atom stereocenters. The molecule has 0 unspecified atom stereocenters. The maximum absolute atomic E-state index is 12.1. The quantitative estimate of drug-likeness (QED) is 0.634. The van der Waals surface area contributed by atoms with E-state index in [1.807, 2.05) is 34.6 Å². The molecule has 1 aliphatic rings. The molecule has 0 bridgehead atoms. The van der Waals surface area contributed by atoms with Gasteiger partial charge in [0.15, 0.2) is 0 Å². The summed E-state index contributed by atoms with van der Waals surface area (Å²) in [5.74, 6) is 0. The maximum Gasteiger partial charge on any atom is 0.451 e. The fourth-order valence-corrected chi connectivity index (χ4v) is 1.73. The molecule has 0 aromatic rings. The second-order valence-corrected chi connectivity index (χ2v) is 4.73. The van der Waals surface area contributed by atoms with Crippen molar-refractivity contribution in [3.63, 3.8) is 0 Å². The molecule has 1 heterocycles. The molecule has 1 rings (SSSR count). The van der Waals surface area contributed by atoms with Gasteiger partial charge < -0.3 is 5.11 Å². The number of carbonyl (C=O) groups excluding carboxylic acids is 1. The first-order chi connectivity index (χ1) is 6.78. The van der Waals surface area contributed by atoms with Gasteiger partial charge in [0, 0.05) is 5.54 Å². The molecule has 0 spiro atoms. The lowest BCUT2D eigenvalue weighted by molar-refractivity contribution is -0.851. The van der Waals surface area contributed by atoms with E-state index in [1.54, 1.807) is 0 Å². The summed E-state index contributed by atoms with van der Waals surface area (Å²) in [6, 6.07) is -0.631. The van der Waals surface area contributed by atoms with Crippen LogP contribution in [0.3, 0.4) is 0 Å². The molecule has 0 radical (unpaired) electrons. The second kappa shape index (κ2) is 3.48. The Labute approximate surface area is 90.6 Å². The van der Waals surface area contributed by atoms with Crippen molar-refractivity contribution in [1.82, 2.24) is 4.90 Å². The summed E-state index contributed by atoms with van der Waals surface area (Å²) in [6.45, 7) is 10.3. The summed E-state index contributed by atoms with van der Waals surface area (Å²) in [7, 11) is 0. The van der Waals surface area contributed by atoms with Gasteiger partial charge in [-0.2, -0.15) is 0 Å². The van der Waals surface area contributed by atoms with Gasteiger partial charge in [0.25, 0.3) is 0 Å². The van der Waals surface area contributed by atoms with Crippen LogP contribution < -0.4 is 5.11 Å². The summed E-state index contributed by atoms with van der Waals surface area (Å²) in [5, 5.41) is 15.6. The van der Waals surface area contributed by atoms with Gasteiger partial charge in [-0.15, -0.1) is 4.59 Å². The topological polar surface area (TPSA) is 55.7 Å². The molecule has 15 heavy (non-hydrogen) atoms. The SMILES string of the molecule is CC[N+]1(CC)N=C([O-])N(C(C)(C)C)C1=O. The van der Waals surface area contributed by atoms with Crippen LogP contribution in [0.15, 0.2) is 5.10 Å². The summed E-state index contributed by atoms with van der Waals surface area (Å²) >= 11 is 0. The molecule has 0 N–H and O–H groups in total. The Hall–Kier alpha value is -1.10. The van der Waals surface area contributed by atoms with Crippen molar-refractivity contribution >= 4 is 12.1 Å². The minimum absolute atomic E-state index is 0.101. The van der Waals surface area contributed by atoms with Gasteiger partial charge in [0.2, 0.25) is 0 Å². The largest absolute Gasteiger partial charge is 0.842 e. The fourth-order valence-electron chi connectivity index (χ4n) is 1.73. The third-order valence-electron chi connectivity index (χ3n) is 2.73. The molecule has 0 saturated carbocycles. The Balaban J connectivity index is 3.12. The highest BCUT2D eigenvalue weighted by Crippen LogP contribution is 2.26. The standard InChI is InChI=1S/C10H19N3O2/c1-6-13(7-2)9(15)12(8(14)11-13)10(3,4)5/h6-7H2,1-5H3. The van der Waals surface area contributed by atoms with Crippen LogP contribution in [-0.4, -0.2) is 40.2 Å². The number of hydrogen-bond acceptors (Lipinski definition) is 3. The third kappa shape index (κ3) is 1.71. The molecule has 0 aliphatic carbocycles. The van der Waals surface area contributed by atoms with Gasteiger partial charge in [-0.25, -0.2) is 9.69 Å². The van der Waals surface area contributed by atoms with Gasteiger partial charge in [-0.3, -0.25) is 0 Å². The minimum atomic E-state index is -0.498. The zero-order valence-corrected chi connectivity index (χ0v) is 10.1. The molecule has 5 heteroatoms. The molecular formula is C10H19N3O2. The molecule has 86 valence electrons. The lowest BCUT2D eigenvalue weighted by Crippen LogP contribution is -2.56. The maximum atomic E-state index is 12.1. The summed E-state index contributed by atoms with van der Waals surface area (Å²) < 4.78 is -0.101. The van der Waals surface area contributed by atoms with Crippen LogP contribution in [0.5, 0.6) is 0 Å². The molecule has 0 aromatic heterocycles. The number of amidine groups is 1. The fraction of sp³-hybridized carbons (Fsp3) is 0.800. The minimum Gasteiger partial charge on any atom is -0.842 e. The highest BCUT2D eigenvalue weighted by Gasteiger charge is 2.48. The van der Waals surface area contributed by atoms with E-state index in [2.05, 4.69) is 5.10 Å². The number of quaternary nitrogens is 1. The third-order valence-corrected chi connectivity index (χ3v) is 2.73. The van der Waals surface area contributed by atoms with Crippen LogP contribution in [0, 0.1) is 0 Å². The van der Waals surface area contributed by atoms with Crippen molar-refractivity contribution in [2.24, 2.45) is 5.10 Å². The van der Waals surface area contributed by atoms with Crippen molar-refractivity contribution in [3.8, 4) is 0 Å². The van der Waals surface area contributed by atoms with Crippen LogP contribution >= 0.6 is 0 Å². The molecule has 2 amide bonds. The summed E-state index contributed by atoms with van der Waals surface area (Å²) in [4.78, 5) is 13.4. The Morgan fingerprint density at radius 3 is 2.00 bits per heavy atom. The number of hydrogen-bond donors (Lipinski definition) is 0. The van der Waals surface area contributed by atoms with Crippen molar-refractivity contribution < 1.29 is 14.5 Å². The Morgan fingerprint density at radius 2 is 1.80 bits per heavy atom. The van der Waals surface area contributed by atoms with Crippen LogP contribution in [0.4, 0.5) is 4.79 Å². The average Bonchev–Trinajstić information content (AvgIpc) is 2.37. The lowest BCUT2D eigenvalue weighted by Gasteiger charge is -2.33. The highest BCUT2D eigenvalue weighted by atomic mass is 16.3. The summed E-state index contributed by atoms with van der Waals surface area (Å²) in [5.41, 5.74) is -0.498. The predicted octanol–water partition coefficient (Wildman–Crippen LogP) is 0.708. The van der Waals surface area contributed by atoms with E-state index in [0.29, 0.717) is 13.1 Å². The first kappa shape index (κ1) is 12.0. The van der Waals surface area contributed by atoms with Crippen LogP contribution in [0.1, 0.15) is 34.6 Å². The molecule has 0 saturated heterocycles. The van der Waals surface area contributed by atoms with Gasteiger partial charge >= 0.3 is 6.03 Å². The molecule has 0 aromatic carbocycles. The van der Waals surface area contributed by atoms with Crippen LogP contribution in [0.25, 0.3) is 0 Å². The molecule has 0 fully saturated rings. The van der Waals surface area contributed by atoms with E-state index < -0.39 is 11.6 Å². The monoisotopic (exact) mass is 213 g/mol. The van der Waals surface area contributed by atoms with E-state index in [9.17, 15) is 9.90 Å². The summed E-state index contributed by atoms with van der Waals surface area (Å²) in [6.07, 6.45) is 0. The zero-order chi connectivity index (χ0) is 11.9. The number of urea groups is 1. The molecule has 5 nitrogen and oxygen atoms in total. The second-order valence-electron chi connectivity index (χ2n) is 4.73. The van der Waals surface area contributed by atoms with E-state index in [-0.39, 0.29) is 10.6 Å². The van der Waals surface area contributed by atoms with Gasteiger partial charge in [0.05, 0.1) is 0 Å². The number of rotatable bonds is 2. The van der Waals surface area contributed by atoms with Crippen molar-refractivity contribution in [1.29, 1.82) is 0 Å². The zero-order valence-electron chi connectivity index (χ0n) is 10.1. The molecule has 1 aliphatic heterocycles. The number of carbonyl (C=O) groups is 1. The smallest absolute Gasteiger partial charge is 0.451 e. The van der Waals surface area contributed by atoms with Gasteiger partial charge in [0.1, 0.15) is 19.1 Å². The van der Waals surface area contributed by atoms with Crippen LogP contribution in [-0.2, 0) is 0 Å². The van der Waals surface area contributed by atoms with Crippen molar-refractivity contribution in [3.05, 3.63) is 0 Å². The predicted molar refractivity (Wildman–Crippen MR) is 55.8 cm³/mol. The van der Waals surface area contributed by atoms with Gasteiger partial charge in [-0.1, -0.05) is 5.10 Å². The van der Waals surface area contributed by atoms with Crippen LogP contribution in [0.2, 0.25) is 0 Å². The van der Waals surface area contributed by atoms with E-state index in [4.69, 9.17) is 0 Å². The van der Waals surface area contributed by atoms with E-state index >= 15 is 0 Å². The lowest BCUT2D eigenvalue weighted by atomic mass is 10.1. The Morgan fingerprint density at radius 1 is 1.33 bits per heavy atom. The first-order valence-corrected chi connectivity index (χ1v) is 5.27. The van der Waals surface area contributed by atoms with Crippen molar-refractivity contribution in [2.75, 3.05) is 13.1 Å². The number of nitrogens with zero attached hydrogens (tertiary/aromatic N) is 3. The van der Waals surface area contributed by atoms with Gasteiger partial charge in [-0.05, 0) is 34.6 Å². The normalized spacial score (nSPS) is 20.7.